The number of hydrogen-bond donors (Lipinski definition) is 0. The summed E-state index contributed by atoms with van der Waals surface area (Å²) in [5.41, 5.74) is 2.98. The zero-order valence-electron chi connectivity index (χ0n) is 18.6. The Morgan fingerprint density at radius 2 is 1.73 bits per heavy atom. The Morgan fingerprint density at radius 3 is 2.37 bits per heavy atom. The third-order valence-electron chi connectivity index (χ3n) is 7.14. The monoisotopic (exact) mass is 411 g/mol. The molecule has 2 saturated carbocycles. The van der Waals surface area contributed by atoms with Crippen molar-refractivity contribution in [1.29, 1.82) is 5.26 Å². The molecule has 3 heteroatoms. The minimum atomic E-state index is -0.627. The van der Waals surface area contributed by atoms with E-state index in [-0.39, 0.29) is 5.92 Å². The van der Waals surface area contributed by atoms with Crippen molar-refractivity contribution in [2.45, 2.75) is 96.0 Å². The lowest BCUT2D eigenvalue weighted by molar-refractivity contribution is -0.00340. The smallest absolute Gasteiger partial charge is 0.196 e. The van der Waals surface area contributed by atoms with Crippen LogP contribution in [0.15, 0.2) is 36.2 Å². The number of nitrogens with zero attached hydrogens (tertiary/aromatic N) is 1. The average molecular weight is 412 g/mol. The summed E-state index contributed by atoms with van der Waals surface area (Å²) in [7, 11) is 0. The molecule has 164 valence electrons. The summed E-state index contributed by atoms with van der Waals surface area (Å²) in [5.74, 6) is 0.886. The topological polar surface area (TPSA) is 33.0 Å². The number of aryl methyl sites for hydroxylation is 1. The lowest BCUT2D eigenvalue weighted by atomic mass is 9.81. The zero-order valence-corrected chi connectivity index (χ0v) is 18.6. The van der Waals surface area contributed by atoms with Gasteiger partial charge in [0.05, 0.1) is 6.10 Å². The molecule has 0 saturated heterocycles. The molecule has 30 heavy (non-hydrogen) atoms. The molecule has 0 spiro atoms. The van der Waals surface area contributed by atoms with Gasteiger partial charge in [-0.3, -0.25) is 0 Å². The molecular weight excluding hydrogens is 373 g/mol. The third-order valence-corrected chi connectivity index (χ3v) is 7.14. The van der Waals surface area contributed by atoms with Crippen LogP contribution in [0.3, 0.4) is 0 Å². The van der Waals surface area contributed by atoms with E-state index in [1.165, 1.54) is 55.7 Å². The number of halogens is 1. The predicted molar refractivity (Wildman–Crippen MR) is 121 cm³/mol. The van der Waals surface area contributed by atoms with Gasteiger partial charge in [-0.2, -0.15) is 9.65 Å². The summed E-state index contributed by atoms with van der Waals surface area (Å²) in [6, 6.07) is 11.0. The number of nitriles is 1. The highest BCUT2D eigenvalue weighted by Gasteiger charge is 2.25. The predicted octanol–water partition coefficient (Wildman–Crippen LogP) is 7.65. The number of ether oxygens (including phenoxy) is 1. The molecule has 0 unspecified atom stereocenters. The molecule has 0 heterocycles. The van der Waals surface area contributed by atoms with Crippen molar-refractivity contribution in [3.05, 3.63) is 47.3 Å². The molecule has 2 aliphatic rings. The zero-order chi connectivity index (χ0) is 21.2. The van der Waals surface area contributed by atoms with E-state index in [1.54, 1.807) is 6.07 Å². The minimum Gasteiger partial charge on any atom is -0.378 e. The molecule has 0 amide bonds. The van der Waals surface area contributed by atoms with Crippen molar-refractivity contribution in [1.82, 2.24) is 0 Å². The summed E-state index contributed by atoms with van der Waals surface area (Å²) in [6.07, 6.45) is 15.9. The highest BCUT2D eigenvalue weighted by Crippen LogP contribution is 2.36. The van der Waals surface area contributed by atoms with E-state index in [9.17, 15) is 4.39 Å². The number of hydrogen-bond acceptors (Lipinski definition) is 2. The second-order valence-electron chi connectivity index (χ2n) is 9.41. The summed E-state index contributed by atoms with van der Waals surface area (Å²) in [4.78, 5) is 0. The molecule has 0 atom stereocenters. The Hall–Kier alpha value is -1.66. The van der Waals surface area contributed by atoms with Gasteiger partial charge in [-0.1, -0.05) is 44.0 Å². The summed E-state index contributed by atoms with van der Waals surface area (Å²) >= 11 is 0. The van der Waals surface area contributed by atoms with Crippen LogP contribution >= 0.6 is 0 Å². The first-order valence-electron chi connectivity index (χ1n) is 12.2. The Morgan fingerprint density at radius 1 is 1.03 bits per heavy atom. The van der Waals surface area contributed by atoms with E-state index in [4.69, 9.17) is 10.00 Å². The molecule has 2 nitrogen and oxygen atoms in total. The molecule has 0 bridgehead atoms. The highest BCUT2D eigenvalue weighted by atomic mass is 19.1. The maximum atomic E-state index is 13.1. The van der Waals surface area contributed by atoms with Crippen LogP contribution in [-0.4, -0.2) is 12.7 Å². The van der Waals surface area contributed by atoms with Gasteiger partial charge in [0.25, 0.3) is 0 Å². The SMILES string of the molecule is CCCCCc1ccc([C@H]2CC[C@H](OC[C@H]3CC[C@H](/C=C(/F)C#N)CC3)CC2)cc1. The Kier molecular flexibility index (Phi) is 9.40. The number of rotatable bonds is 9. The van der Waals surface area contributed by atoms with Crippen LogP contribution in [0.4, 0.5) is 4.39 Å². The van der Waals surface area contributed by atoms with Gasteiger partial charge in [0.2, 0.25) is 0 Å². The van der Waals surface area contributed by atoms with Gasteiger partial charge in [-0.25, -0.2) is 0 Å². The lowest BCUT2D eigenvalue weighted by Gasteiger charge is -2.32. The fraction of sp³-hybridized carbons (Fsp3) is 0.667. The van der Waals surface area contributed by atoms with Crippen LogP contribution in [0.2, 0.25) is 0 Å². The average Bonchev–Trinajstić information content (AvgIpc) is 2.79. The van der Waals surface area contributed by atoms with E-state index in [2.05, 4.69) is 31.2 Å². The fourth-order valence-electron chi connectivity index (χ4n) is 5.14. The standard InChI is InChI=1S/C27H38FNO/c1-2-3-4-5-21-10-12-24(13-11-21)25-14-16-27(17-15-25)30-20-23-8-6-22(7-9-23)18-26(28)19-29/h10-13,18,22-23,25,27H,2-9,14-17,20H2,1H3/b26-18+/t22-,23-,25-,27-. The van der Waals surface area contributed by atoms with Gasteiger partial charge in [-0.05, 0) is 99.2 Å². The molecular formula is C27H38FNO. The highest BCUT2D eigenvalue weighted by molar-refractivity contribution is 5.26. The van der Waals surface area contributed by atoms with E-state index in [1.807, 2.05) is 0 Å². The fourth-order valence-corrected chi connectivity index (χ4v) is 5.14. The van der Waals surface area contributed by atoms with Gasteiger partial charge in [-0.15, -0.1) is 0 Å². The molecule has 0 aromatic heterocycles. The molecule has 3 rings (SSSR count). The summed E-state index contributed by atoms with van der Waals surface area (Å²) in [6.45, 7) is 3.10. The molecule has 0 aliphatic heterocycles. The van der Waals surface area contributed by atoms with Crippen LogP contribution in [0.1, 0.15) is 94.6 Å². The lowest BCUT2D eigenvalue weighted by Crippen LogP contribution is -2.25. The molecule has 1 aromatic carbocycles. The molecule has 1 aromatic rings. The van der Waals surface area contributed by atoms with E-state index in [0.717, 1.165) is 45.1 Å². The number of benzene rings is 1. The van der Waals surface area contributed by atoms with Crippen molar-refractivity contribution in [3.63, 3.8) is 0 Å². The van der Waals surface area contributed by atoms with E-state index >= 15 is 0 Å². The van der Waals surface area contributed by atoms with E-state index < -0.39 is 5.83 Å². The van der Waals surface area contributed by atoms with Crippen LogP contribution in [0, 0.1) is 23.2 Å². The molecule has 0 N–H and O–H groups in total. The Bertz CT molecular complexity index is 689. The van der Waals surface area contributed by atoms with Crippen LogP contribution < -0.4 is 0 Å². The van der Waals surface area contributed by atoms with Gasteiger partial charge >= 0.3 is 0 Å². The largest absolute Gasteiger partial charge is 0.378 e. The van der Waals surface area contributed by atoms with Crippen LogP contribution in [0.5, 0.6) is 0 Å². The maximum Gasteiger partial charge on any atom is 0.196 e. The first kappa shape index (κ1) is 23.0. The molecule has 2 aliphatic carbocycles. The van der Waals surface area contributed by atoms with Gasteiger partial charge in [0, 0.05) is 6.61 Å². The maximum absolute atomic E-state index is 13.1. The normalized spacial score (nSPS) is 27.6. The first-order valence-corrected chi connectivity index (χ1v) is 12.2. The number of unbranched alkanes of at least 4 members (excludes halogenated alkanes) is 2. The third kappa shape index (κ3) is 7.24. The molecule has 2 fully saturated rings. The Labute approximate surface area is 182 Å². The first-order chi connectivity index (χ1) is 14.7. The van der Waals surface area contributed by atoms with Gasteiger partial charge in [0.1, 0.15) is 6.07 Å². The molecule has 0 radical (unpaired) electrons. The second kappa shape index (κ2) is 12.3. The summed E-state index contributed by atoms with van der Waals surface area (Å²) in [5, 5.41) is 8.58. The second-order valence-corrected chi connectivity index (χ2v) is 9.41. The quantitative estimate of drug-likeness (QED) is 0.309. The number of allylic oxidation sites excluding steroid dienone is 2. The van der Waals surface area contributed by atoms with Crippen LogP contribution in [-0.2, 0) is 11.2 Å². The summed E-state index contributed by atoms with van der Waals surface area (Å²) < 4.78 is 19.4. The Balaban J connectivity index is 1.34. The van der Waals surface area contributed by atoms with Gasteiger partial charge in [0.15, 0.2) is 5.83 Å². The van der Waals surface area contributed by atoms with Crippen molar-refractivity contribution < 1.29 is 9.13 Å². The van der Waals surface area contributed by atoms with Crippen molar-refractivity contribution >= 4 is 0 Å². The van der Waals surface area contributed by atoms with Crippen molar-refractivity contribution in [2.75, 3.05) is 6.61 Å². The minimum absolute atomic E-state index is 0.231. The van der Waals surface area contributed by atoms with Crippen LogP contribution in [0.25, 0.3) is 0 Å². The van der Waals surface area contributed by atoms with E-state index in [0.29, 0.717) is 17.9 Å². The van der Waals surface area contributed by atoms with Gasteiger partial charge < -0.3 is 4.74 Å². The van der Waals surface area contributed by atoms with Crippen molar-refractivity contribution in [3.8, 4) is 6.07 Å². The van der Waals surface area contributed by atoms with Crippen molar-refractivity contribution in [2.24, 2.45) is 11.8 Å².